The topological polar surface area (TPSA) is 57.8 Å². The van der Waals surface area contributed by atoms with Gasteiger partial charge in [0.2, 0.25) is 0 Å². The van der Waals surface area contributed by atoms with Gasteiger partial charge in [-0.3, -0.25) is 9.89 Å². The van der Waals surface area contributed by atoms with E-state index < -0.39 is 0 Å². The fourth-order valence-corrected chi connectivity index (χ4v) is 1.91. The van der Waals surface area contributed by atoms with Crippen LogP contribution in [0.4, 0.5) is 5.82 Å². The number of anilines is 1. The van der Waals surface area contributed by atoms with Gasteiger partial charge in [-0.2, -0.15) is 5.10 Å². The number of carbonyl (C=O) groups is 1. The van der Waals surface area contributed by atoms with Crippen molar-refractivity contribution in [3.8, 4) is 0 Å². The van der Waals surface area contributed by atoms with Crippen LogP contribution in [0.15, 0.2) is 24.3 Å². The van der Waals surface area contributed by atoms with Crippen molar-refractivity contribution >= 4 is 27.7 Å². The average Bonchev–Trinajstić information content (AvgIpc) is 2.71. The van der Waals surface area contributed by atoms with Crippen LogP contribution in [-0.4, -0.2) is 16.1 Å². The largest absolute Gasteiger partial charge is 0.305 e. The third-order valence-corrected chi connectivity index (χ3v) is 3.50. The fourth-order valence-electron chi connectivity index (χ4n) is 1.53. The molecule has 0 saturated heterocycles. The van der Waals surface area contributed by atoms with Crippen molar-refractivity contribution in [2.75, 3.05) is 5.32 Å². The van der Waals surface area contributed by atoms with E-state index in [1.807, 2.05) is 26.0 Å². The number of aromatic nitrogens is 2. The van der Waals surface area contributed by atoms with Crippen LogP contribution in [0.1, 0.15) is 27.2 Å². The van der Waals surface area contributed by atoms with Crippen molar-refractivity contribution < 1.29 is 4.79 Å². The average molecular weight is 308 g/mol. The lowest BCUT2D eigenvalue weighted by molar-refractivity contribution is 0.102. The van der Waals surface area contributed by atoms with Crippen molar-refractivity contribution in [3.63, 3.8) is 0 Å². The van der Waals surface area contributed by atoms with Gasteiger partial charge in [-0.1, -0.05) is 28.1 Å². The van der Waals surface area contributed by atoms with Gasteiger partial charge in [0, 0.05) is 22.2 Å². The monoisotopic (exact) mass is 307 g/mol. The summed E-state index contributed by atoms with van der Waals surface area (Å²) in [5.41, 5.74) is 3.68. The molecule has 0 aliphatic carbocycles. The molecular weight excluding hydrogens is 294 g/mol. The highest BCUT2D eigenvalue weighted by atomic mass is 79.9. The van der Waals surface area contributed by atoms with Gasteiger partial charge in [-0.15, -0.1) is 0 Å². The highest BCUT2D eigenvalue weighted by Crippen LogP contribution is 2.15. The van der Waals surface area contributed by atoms with Crippen molar-refractivity contribution in [1.29, 1.82) is 0 Å². The predicted molar refractivity (Wildman–Crippen MR) is 75.1 cm³/mol. The highest BCUT2D eigenvalue weighted by molar-refractivity contribution is 9.08. The first-order valence-electron chi connectivity index (χ1n) is 5.59. The Labute approximate surface area is 114 Å². The summed E-state index contributed by atoms with van der Waals surface area (Å²) in [6, 6.07) is 7.46. The lowest BCUT2D eigenvalue weighted by Gasteiger charge is -2.04. The molecule has 1 aromatic heterocycles. The minimum Gasteiger partial charge on any atom is -0.305 e. The fraction of sp³-hybridized carbons (Fsp3) is 0.231. The van der Waals surface area contributed by atoms with E-state index in [0.717, 1.165) is 22.2 Å². The summed E-state index contributed by atoms with van der Waals surface area (Å²) in [4.78, 5) is 12.0. The van der Waals surface area contributed by atoms with Crippen molar-refractivity contribution in [2.45, 2.75) is 19.2 Å². The summed E-state index contributed by atoms with van der Waals surface area (Å²) in [6.07, 6.45) is 0. The normalized spacial score (nSPS) is 10.4. The molecule has 1 heterocycles. The molecule has 4 nitrogen and oxygen atoms in total. The molecular formula is C13H14BrN3O. The molecule has 5 heteroatoms. The zero-order valence-electron chi connectivity index (χ0n) is 10.2. The first-order chi connectivity index (χ1) is 8.61. The molecule has 18 heavy (non-hydrogen) atoms. The predicted octanol–water partition coefficient (Wildman–Crippen LogP) is 3.17. The Morgan fingerprint density at radius 2 is 2.00 bits per heavy atom. The molecule has 0 atom stereocenters. The maximum Gasteiger partial charge on any atom is 0.256 e. The van der Waals surface area contributed by atoms with Crippen LogP contribution in [0.25, 0.3) is 0 Å². The van der Waals surface area contributed by atoms with Crippen molar-refractivity contribution in [3.05, 3.63) is 46.6 Å². The smallest absolute Gasteiger partial charge is 0.256 e. The summed E-state index contributed by atoms with van der Waals surface area (Å²) in [5, 5.41) is 10.5. The van der Waals surface area contributed by atoms with Gasteiger partial charge in [-0.25, -0.2) is 0 Å². The number of nitrogens with zero attached hydrogens (tertiary/aromatic N) is 1. The number of hydrogen-bond donors (Lipinski definition) is 2. The Morgan fingerprint density at radius 3 is 2.50 bits per heavy atom. The molecule has 0 aliphatic heterocycles. The third kappa shape index (κ3) is 2.61. The van der Waals surface area contributed by atoms with E-state index in [9.17, 15) is 4.79 Å². The first-order valence-corrected chi connectivity index (χ1v) is 6.71. The van der Waals surface area contributed by atoms with E-state index in [4.69, 9.17) is 0 Å². The lowest BCUT2D eigenvalue weighted by atomic mass is 10.1. The van der Waals surface area contributed by atoms with E-state index in [2.05, 4.69) is 31.4 Å². The number of rotatable bonds is 3. The maximum atomic E-state index is 12.0. The highest BCUT2D eigenvalue weighted by Gasteiger charge is 2.10. The number of alkyl halides is 1. The molecule has 0 fully saturated rings. The quantitative estimate of drug-likeness (QED) is 0.856. The molecule has 0 bridgehead atoms. The molecule has 0 unspecified atom stereocenters. The van der Waals surface area contributed by atoms with E-state index in [-0.39, 0.29) is 5.91 Å². The zero-order chi connectivity index (χ0) is 13.1. The molecule has 1 aromatic carbocycles. The summed E-state index contributed by atoms with van der Waals surface area (Å²) in [7, 11) is 0. The van der Waals surface area contributed by atoms with Crippen molar-refractivity contribution in [2.24, 2.45) is 0 Å². The van der Waals surface area contributed by atoms with E-state index in [1.165, 1.54) is 0 Å². The second-order valence-electron chi connectivity index (χ2n) is 4.11. The number of amides is 1. The number of H-pyrrole nitrogens is 1. The first kappa shape index (κ1) is 12.8. The number of aromatic amines is 1. The Hall–Kier alpha value is -1.62. The zero-order valence-corrected chi connectivity index (χ0v) is 11.8. The molecule has 0 saturated carbocycles. The third-order valence-electron chi connectivity index (χ3n) is 2.86. The van der Waals surface area contributed by atoms with Crippen LogP contribution in [0.5, 0.6) is 0 Å². The number of nitrogens with one attached hydrogen (secondary N) is 2. The van der Waals surface area contributed by atoms with Crippen LogP contribution < -0.4 is 5.32 Å². The summed E-state index contributed by atoms with van der Waals surface area (Å²) in [5.74, 6) is 0.438. The molecule has 1 amide bonds. The molecule has 0 radical (unpaired) electrons. The summed E-state index contributed by atoms with van der Waals surface area (Å²) >= 11 is 3.37. The lowest BCUT2D eigenvalue weighted by Crippen LogP contribution is -2.12. The summed E-state index contributed by atoms with van der Waals surface area (Å²) < 4.78 is 0. The number of halogens is 1. The Balaban J connectivity index is 2.14. The van der Waals surface area contributed by atoms with Crippen LogP contribution >= 0.6 is 15.9 Å². The Kier molecular flexibility index (Phi) is 3.81. The van der Waals surface area contributed by atoms with Gasteiger partial charge in [0.15, 0.2) is 5.82 Å². The number of aryl methyl sites for hydroxylation is 1. The molecule has 2 rings (SSSR count). The Bertz CT molecular complexity index is 560. The van der Waals surface area contributed by atoms with Crippen LogP contribution in [0.2, 0.25) is 0 Å². The van der Waals surface area contributed by atoms with E-state index in [1.54, 1.807) is 12.1 Å². The number of carbonyl (C=O) groups excluding carboxylic acids is 1. The second kappa shape index (κ2) is 5.35. The minimum atomic E-state index is -0.147. The van der Waals surface area contributed by atoms with Crippen molar-refractivity contribution in [1.82, 2.24) is 10.2 Å². The van der Waals surface area contributed by atoms with E-state index in [0.29, 0.717) is 11.4 Å². The molecule has 2 N–H and O–H groups in total. The minimum absolute atomic E-state index is 0.147. The maximum absolute atomic E-state index is 12.0. The summed E-state index contributed by atoms with van der Waals surface area (Å²) in [6.45, 7) is 3.84. The van der Waals surface area contributed by atoms with Gasteiger partial charge in [0.25, 0.3) is 5.91 Å². The number of hydrogen-bond acceptors (Lipinski definition) is 2. The SMILES string of the molecule is Cc1[nH]nc(NC(=O)c2ccc(CBr)cc2)c1C. The molecule has 2 aromatic rings. The molecule has 94 valence electrons. The van der Waals surface area contributed by atoms with E-state index >= 15 is 0 Å². The standard InChI is InChI=1S/C13H14BrN3O/c1-8-9(2)16-17-12(8)15-13(18)11-5-3-10(7-14)4-6-11/h3-6H,7H2,1-2H3,(H2,15,16,17,18). The van der Waals surface area contributed by atoms with Gasteiger partial charge in [-0.05, 0) is 31.5 Å². The molecule has 0 aliphatic rings. The van der Waals surface area contributed by atoms with Crippen LogP contribution in [0.3, 0.4) is 0 Å². The Morgan fingerprint density at radius 1 is 1.33 bits per heavy atom. The second-order valence-corrected chi connectivity index (χ2v) is 4.67. The van der Waals surface area contributed by atoms with Gasteiger partial charge < -0.3 is 5.32 Å². The van der Waals surface area contributed by atoms with Crippen LogP contribution in [0, 0.1) is 13.8 Å². The number of benzene rings is 1. The van der Waals surface area contributed by atoms with Gasteiger partial charge in [0.05, 0.1) is 0 Å². The van der Waals surface area contributed by atoms with Gasteiger partial charge in [0.1, 0.15) is 0 Å². The van der Waals surface area contributed by atoms with Crippen LogP contribution in [-0.2, 0) is 5.33 Å². The molecule has 0 spiro atoms. The van der Waals surface area contributed by atoms with Gasteiger partial charge >= 0.3 is 0 Å².